The topological polar surface area (TPSA) is 69.6 Å². The molecule has 1 aliphatic rings. The lowest BCUT2D eigenvalue weighted by Crippen LogP contribution is -2.48. The van der Waals surface area contributed by atoms with Gasteiger partial charge in [-0.1, -0.05) is 6.92 Å². The van der Waals surface area contributed by atoms with Gasteiger partial charge in [0.1, 0.15) is 5.92 Å². The molecule has 2 atom stereocenters. The van der Waals surface area contributed by atoms with E-state index in [9.17, 15) is 9.59 Å². The van der Waals surface area contributed by atoms with Gasteiger partial charge >= 0.3 is 5.97 Å². The van der Waals surface area contributed by atoms with Gasteiger partial charge in [0, 0.05) is 12.6 Å². The molecule has 1 saturated heterocycles. The predicted molar refractivity (Wildman–Crippen MR) is 60.1 cm³/mol. The number of rotatable bonds is 4. The van der Waals surface area contributed by atoms with Crippen LogP contribution in [0.5, 0.6) is 0 Å². The summed E-state index contributed by atoms with van der Waals surface area (Å²) >= 11 is 0. The van der Waals surface area contributed by atoms with E-state index >= 15 is 0 Å². The van der Waals surface area contributed by atoms with E-state index < -0.39 is 11.9 Å². The van der Waals surface area contributed by atoms with Crippen molar-refractivity contribution >= 4 is 11.9 Å². The van der Waals surface area contributed by atoms with Crippen LogP contribution in [0.3, 0.4) is 0 Å². The molecule has 0 aliphatic carbocycles. The van der Waals surface area contributed by atoms with E-state index in [0.717, 1.165) is 25.9 Å². The summed E-state index contributed by atoms with van der Waals surface area (Å²) in [6, 6.07) is 0.0969. The van der Waals surface area contributed by atoms with Crippen molar-refractivity contribution in [2.24, 2.45) is 5.92 Å². The molecule has 92 valence electrons. The predicted octanol–water partition coefficient (Wildman–Crippen LogP) is 0.308. The van der Waals surface area contributed by atoms with Crippen molar-refractivity contribution in [2.45, 2.75) is 32.2 Å². The molecular weight excluding hydrogens is 208 g/mol. The third-order valence-corrected chi connectivity index (χ3v) is 2.99. The molecule has 0 spiro atoms. The van der Waals surface area contributed by atoms with Crippen molar-refractivity contribution in [1.82, 2.24) is 10.2 Å². The summed E-state index contributed by atoms with van der Waals surface area (Å²) in [5.41, 5.74) is 0. The second-order valence-corrected chi connectivity index (χ2v) is 4.41. The monoisotopic (exact) mass is 228 g/mol. The number of aliphatic carboxylic acids is 1. The van der Waals surface area contributed by atoms with Gasteiger partial charge in [-0.2, -0.15) is 0 Å². The number of amides is 1. The van der Waals surface area contributed by atoms with Gasteiger partial charge in [-0.15, -0.1) is 0 Å². The van der Waals surface area contributed by atoms with E-state index in [1.54, 1.807) is 6.92 Å². The molecule has 16 heavy (non-hydrogen) atoms. The van der Waals surface area contributed by atoms with E-state index in [2.05, 4.69) is 10.2 Å². The Balaban J connectivity index is 2.46. The zero-order valence-corrected chi connectivity index (χ0v) is 9.90. The summed E-state index contributed by atoms with van der Waals surface area (Å²) in [4.78, 5) is 24.6. The lowest BCUT2D eigenvalue weighted by Gasteiger charge is -2.30. The van der Waals surface area contributed by atoms with Gasteiger partial charge < -0.3 is 15.3 Å². The number of likely N-dealkylation sites (tertiary alicyclic amines) is 1. The highest BCUT2D eigenvalue weighted by molar-refractivity contribution is 5.96. The number of carboxylic acid groups (broad SMARTS) is 1. The summed E-state index contributed by atoms with van der Waals surface area (Å²) < 4.78 is 0. The Bertz CT molecular complexity index is 268. The standard InChI is InChI=1S/C11H20N2O3/c1-3-9(11(15)16)10(14)12-8-5-4-6-13(2)7-8/h8-9H,3-7H2,1-2H3,(H,12,14)(H,15,16). The Morgan fingerprint density at radius 2 is 2.25 bits per heavy atom. The molecule has 2 unspecified atom stereocenters. The first-order valence-corrected chi connectivity index (χ1v) is 5.76. The lowest BCUT2D eigenvalue weighted by molar-refractivity contribution is -0.147. The van der Waals surface area contributed by atoms with Crippen molar-refractivity contribution in [3.8, 4) is 0 Å². The van der Waals surface area contributed by atoms with E-state index in [-0.39, 0.29) is 11.9 Å². The second kappa shape index (κ2) is 5.84. The molecule has 0 aromatic heterocycles. The molecule has 5 nitrogen and oxygen atoms in total. The second-order valence-electron chi connectivity index (χ2n) is 4.41. The van der Waals surface area contributed by atoms with Crippen LogP contribution in [-0.4, -0.2) is 48.1 Å². The zero-order valence-electron chi connectivity index (χ0n) is 9.90. The minimum Gasteiger partial charge on any atom is -0.481 e. The molecular formula is C11H20N2O3. The maximum absolute atomic E-state index is 11.7. The maximum Gasteiger partial charge on any atom is 0.316 e. The van der Waals surface area contributed by atoms with Gasteiger partial charge in [0.2, 0.25) is 5.91 Å². The smallest absolute Gasteiger partial charge is 0.316 e. The van der Waals surface area contributed by atoms with Crippen molar-refractivity contribution < 1.29 is 14.7 Å². The molecule has 0 radical (unpaired) electrons. The number of hydrogen-bond acceptors (Lipinski definition) is 3. The first kappa shape index (κ1) is 13.0. The number of carboxylic acids is 1. The zero-order chi connectivity index (χ0) is 12.1. The third kappa shape index (κ3) is 3.48. The maximum atomic E-state index is 11.7. The van der Waals surface area contributed by atoms with Crippen LogP contribution in [0.15, 0.2) is 0 Å². The number of hydrogen-bond donors (Lipinski definition) is 2. The van der Waals surface area contributed by atoms with Gasteiger partial charge in [-0.25, -0.2) is 0 Å². The lowest BCUT2D eigenvalue weighted by atomic mass is 10.0. The van der Waals surface area contributed by atoms with E-state index in [4.69, 9.17) is 5.11 Å². The van der Waals surface area contributed by atoms with Crippen LogP contribution in [-0.2, 0) is 9.59 Å². The van der Waals surface area contributed by atoms with Crippen molar-refractivity contribution in [2.75, 3.05) is 20.1 Å². The van der Waals surface area contributed by atoms with Gasteiger partial charge in [0.15, 0.2) is 0 Å². The Hall–Kier alpha value is -1.10. The third-order valence-electron chi connectivity index (χ3n) is 2.99. The number of nitrogens with zero attached hydrogens (tertiary/aromatic N) is 1. The van der Waals surface area contributed by atoms with Gasteiger partial charge in [-0.3, -0.25) is 9.59 Å². The summed E-state index contributed by atoms with van der Waals surface area (Å²) in [5.74, 6) is -2.30. The Morgan fingerprint density at radius 1 is 1.56 bits per heavy atom. The Morgan fingerprint density at radius 3 is 2.75 bits per heavy atom. The minimum absolute atomic E-state index is 0.0969. The summed E-state index contributed by atoms with van der Waals surface area (Å²) in [6.45, 7) is 3.57. The number of carbonyl (C=O) groups is 2. The van der Waals surface area contributed by atoms with Gasteiger partial charge in [0.25, 0.3) is 0 Å². The van der Waals surface area contributed by atoms with Crippen LogP contribution in [0.2, 0.25) is 0 Å². The van der Waals surface area contributed by atoms with Crippen LogP contribution < -0.4 is 5.32 Å². The fraction of sp³-hybridized carbons (Fsp3) is 0.818. The normalized spacial score (nSPS) is 23.8. The van der Waals surface area contributed by atoms with E-state index in [1.807, 2.05) is 7.05 Å². The van der Waals surface area contributed by atoms with Crippen molar-refractivity contribution in [1.29, 1.82) is 0 Å². The van der Waals surface area contributed by atoms with E-state index in [1.165, 1.54) is 0 Å². The molecule has 1 aliphatic heterocycles. The Labute approximate surface area is 95.8 Å². The van der Waals surface area contributed by atoms with Crippen molar-refractivity contribution in [3.05, 3.63) is 0 Å². The summed E-state index contributed by atoms with van der Waals surface area (Å²) in [6.07, 6.45) is 2.32. The van der Waals surface area contributed by atoms with Crippen LogP contribution in [0.4, 0.5) is 0 Å². The first-order valence-electron chi connectivity index (χ1n) is 5.76. The first-order chi connectivity index (χ1) is 7.54. The molecule has 1 heterocycles. The molecule has 2 N–H and O–H groups in total. The van der Waals surface area contributed by atoms with Crippen LogP contribution in [0, 0.1) is 5.92 Å². The van der Waals surface area contributed by atoms with Crippen LogP contribution in [0.1, 0.15) is 26.2 Å². The molecule has 5 heteroatoms. The SMILES string of the molecule is CCC(C(=O)O)C(=O)NC1CCCN(C)C1. The van der Waals surface area contributed by atoms with E-state index in [0.29, 0.717) is 6.42 Å². The van der Waals surface area contributed by atoms with Crippen LogP contribution >= 0.6 is 0 Å². The molecule has 1 rings (SSSR count). The fourth-order valence-electron chi connectivity index (χ4n) is 2.06. The molecule has 0 bridgehead atoms. The number of likely N-dealkylation sites (N-methyl/N-ethyl adjacent to an activating group) is 1. The number of nitrogens with one attached hydrogen (secondary N) is 1. The largest absolute Gasteiger partial charge is 0.481 e. The molecule has 1 fully saturated rings. The average Bonchev–Trinajstić information content (AvgIpc) is 2.17. The van der Waals surface area contributed by atoms with Crippen molar-refractivity contribution in [3.63, 3.8) is 0 Å². The highest BCUT2D eigenvalue weighted by atomic mass is 16.4. The Kier molecular flexibility index (Phi) is 4.73. The summed E-state index contributed by atoms with van der Waals surface area (Å²) in [5, 5.41) is 11.7. The fourth-order valence-corrected chi connectivity index (χ4v) is 2.06. The average molecular weight is 228 g/mol. The quantitative estimate of drug-likeness (QED) is 0.679. The number of piperidine rings is 1. The number of carbonyl (C=O) groups excluding carboxylic acids is 1. The van der Waals surface area contributed by atoms with Gasteiger partial charge in [-0.05, 0) is 32.9 Å². The molecule has 0 aromatic carbocycles. The molecule has 0 saturated carbocycles. The molecule has 1 amide bonds. The van der Waals surface area contributed by atoms with Gasteiger partial charge in [0.05, 0.1) is 0 Å². The minimum atomic E-state index is -1.04. The molecule has 0 aromatic rings. The van der Waals surface area contributed by atoms with Crippen LogP contribution in [0.25, 0.3) is 0 Å². The highest BCUT2D eigenvalue weighted by Gasteiger charge is 2.27. The highest BCUT2D eigenvalue weighted by Crippen LogP contribution is 2.10. The summed E-state index contributed by atoms with van der Waals surface area (Å²) in [7, 11) is 2.01.